The normalized spacial score (nSPS) is 26.4. The van der Waals surface area contributed by atoms with E-state index in [1.807, 2.05) is 0 Å². The van der Waals surface area contributed by atoms with Crippen LogP contribution in [0.1, 0.15) is 58.8 Å². The molecule has 1 rings (SSSR count). The number of rotatable bonds is 7. The molecule has 2 atom stereocenters. The van der Waals surface area contributed by atoms with Crippen molar-refractivity contribution in [2.75, 3.05) is 6.61 Å². The molecule has 2 nitrogen and oxygen atoms in total. The number of hydrogen-bond donors (Lipinski definition) is 0. The second-order valence-electron chi connectivity index (χ2n) is 4.46. The van der Waals surface area contributed by atoms with Crippen molar-refractivity contribution in [3.05, 3.63) is 12.2 Å². The third kappa shape index (κ3) is 5.66. The predicted molar refractivity (Wildman–Crippen MR) is 67.4 cm³/mol. The predicted octanol–water partition coefficient (Wildman–Crippen LogP) is 4.05. The summed E-state index contributed by atoms with van der Waals surface area (Å²) >= 11 is 0. The molecular formula is C14H26O2. The highest BCUT2D eigenvalue weighted by molar-refractivity contribution is 4.84. The molecule has 0 saturated carbocycles. The molecule has 0 unspecified atom stereocenters. The lowest BCUT2D eigenvalue weighted by Crippen LogP contribution is -2.31. The van der Waals surface area contributed by atoms with Gasteiger partial charge in [0.25, 0.3) is 0 Å². The molecule has 0 bridgehead atoms. The molecule has 2 heteroatoms. The summed E-state index contributed by atoms with van der Waals surface area (Å²) in [4.78, 5) is 0. The van der Waals surface area contributed by atoms with Gasteiger partial charge in [-0.25, -0.2) is 0 Å². The highest BCUT2D eigenvalue weighted by Gasteiger charge is 2.21. The Bertz CT molecular complexity index is 189. The van der Waals surface area contributed by atoms with Crippen LogP contribution in [0.25, 0.3) is 0 Å². The molecule has 0 aromatic heterocycles. The van der Waals surface area contributed by atoms with Gasteiger partial charge in [0.05, 0.1) is 12.7 Å². The van der Waals surface area contributed by atoms with Crippen molar-refractivity contribution in [3.63, 3.8) is 0 Å². The van der Waals surface area contributed by atoms with Crippen LogP contribution in [0.4, 0.5) is 0 Å². The van der Waals surface area contributed by atoms with Gasteiger partial charge in [-0.2, -0.15) is 0 Å². The number of hydrogen-bond acceptors (Lipinski definition) is 2. The minimum absolute atomic E-state index is 0.0559. The first-order valence-electron chi connectivity index (χ1n) is 6.78. The van der Waals surface area contributed by atoms with Crippen LogP contribution in [0.5, 0.6) is 0 Å². The maximum Gasteiger partial charge on any atom is 0.157 e. The Balaban J connectivity index is 2.16. The monoisotopic (exact) mass is 226 g/mol. The van der Waals surface area contributed by atoms with Gasteiger partial charge in [0, 0.05) is 0 Å². The summed E-state index contributed by atoms with van der Waals surface area (Å²) in [5.74, 6) is 0. The van der Waals surface area contributed by atoms with Crippen LogP contribution in [0.15, 0.2) is 12.2 Å². The van der Waals surface area contributed by atoms with Crippen LogP contribution in [0, 0.1) is 0 Å². The fraction of sp³-hybridized carbons (Fsp3) is 0.857. The van der Waals surface area contributed by atoms with E-state index in [9.17, 15) is 0 Å². The smallest absolute Gasteiger partial charge is 0.157 e. The molecule has 0 radical (unpaired) electrons. The molecule has 0 aromatic carbocycles. The molecule has 16 heavy (non-hydrogen) atoms. The Kier molecular flexibility index (Phi) is 7.52. The summed E-state index contributed by atoms with van der Waals surface area (Å²) in [7, 11) is 0. The van der Waals surface area contributed by atoms with E-state index in [4.69, 9.17) is 9.47 Å². The fourth-order valence-electron chi connectivity index (χ4n) is 1.95. The molecule has 1 aliphatic heterocycles. The first kappa shape index (κ1) is 13.7. The first-order valence-corrected chi connectivity index (χ1v) is 6.78. The van der Waals surface area contributed by atoms with Gasteiger partial charge in [-0.1, -0.05) is 38.8 Å². The lowest BCUT2D eigenvalue weighted by atomic mass is 10.1. The van der Waals surface area contributed by atoms with Gasteiger partial charge in [0.2, 0.25) is 0 Å². The first-order chi connectivity index (χ1) is 7.86. The second-order valence-corrected chi connectivity index (χ2v) is 4.46. The number of unbranched alkanes of at least 4 members (excludes halogenated alkanes) is 2. The molecule has 1 heterocycles. The van der Waals surface area contributed by atoms with Gasteiger partial charge >= 0.3 is 0 Å². The third-order valence-corrected chi connectivity index (χ3v) is 2.93. The highest BCUT2D eigenvalue weighted by Crippen LogP contribution is 2.19. The van der Waals surface area contributed by atoms with Crippen LogP contribution in [0.3, 0.4) is 0 Å². The maximum absolute atomic E-state index is 5.91. The Morgan fingerprint density at radius 2 is 2.06 bits per heavy atom. The molecular weight excluding hydrogens is 200 g/mol. The largest absolute Gasteiger partial charge is 0.353 e. The van der Waals surface area contributed by atoms with Crippen LogP contribution in [-0.4, -0.2) is 19.0 Å². The fourth-order valence-corrected chi connectivity index (χ4v) is 1.95. The second kappa shape index (κ2) is 8.77. The lowest BCUT2D eigenvalue weighted by Gasteiger charge is -2.29. The Morgan fingerprint density at radius 1 is 1.19 bits per heavy atom. The topological polar surface area (TPSA) is 18.5 Å². The van der Waals surface area contributed by atoms with Gasteiger partial charge in [-0.05, 0) is 32.1 Å². The zero-order valence-electron chi connectivity index (χ0n) is 10.8. The van der Waals surface area contributed by atoms with E-state index in [-0.39, 0.29) is 6.29 Å². The number of allylic oxidation sites excluding steroid dienone is 1. The van der Waals surface area contributed by atoms with Gasteiger partial charge < -0.3 is 9.47 Å². The summed E-state index contributed by atoms with van der Waals surface area (Å²) in [5.41, 5.74) is 0. The molecule has 0 spiro atoms. The minimum atomic E-state index is 0.0559. The van der Waals surface area contributed by atoms with Crippen molar-refractivity contribution in [2.24, 2.45) is 0 Å². The average Bonchev–Trinajstić information content (AvgIpc) is 2.30. The van der Waals surface area contributed by atoms with Crippen molar-refractivity contribution < 1.29 is 9.47 Å². The summed E-state index contributed by atoms with van der Waals surface area (Å²) in [6.45, 7) is 5.25. The van der Waals surface area contributed by atoms with Crippen LogP contribution < -0.4 is 0 Å². The molecule has 0 aliphatic carbocycles. The van der Waals surface area contributed by atoms with E-state index in [0.717, 1.165) is 32.3 Å². The maximum atomic E-state index is 5.91. The zero-order valence-corrected chi connectivity index (χ0v) is 10.8. The quantitative estimate of drug-likeness (QED) is 0.481. The van der Waals surface area contributed by atoms with E-state index in [2.05, 4.69) is 26.0 Å². The van der Waals surface area contributed by atoms with E-state index in [1.54, 1.807) is 0 Å². The van der Waals surface area contributed by atoms with Crippen molar-refractivity contribution in [3.8, 4) is 0 Å². The molecule has 94 valence electrons. The van der Waals surface area contributed by atoms with E-state index in [0.29, 0.717) is 6.10 Å². The Hall–Kier alpha value is -0.340. The number of ether oxygens (including phenoxy) is 2. The average molecular weight is 226 g/mol. The molecule has 1 fully saturated rings. The third-order valence-electron chi connectivity index (χ3n) is 2.93. The van der Waals surface area contributed by atoms with E-state index in [1.165, 1.54) is 19.3 Å². The SMILES string of the molecule is CC/C=C/C[C@@H]1CCO[C@H](CCCCC)O1. The van der Waals surface area contributed by atoms with Gasteiger partial charge in [0.15, 0.2) is 6.29 Å². The minimum Gasteiger partial charge on any atom is -0.353 e. The van der Waals surface area contributed by atoms with Crippen molar-refractivity contribution in [1.29, 1.82) is 0 Å². The van der Waals surface area contributed by atoms with Crippen molar-refractivity contribution >= 4 is 0 Å². The van der Waals surface area contributed by atoms with E-state index < -0.39 is 0 Å². The molecule has 0 N–H and O–H groups in total. The zero-order chi connectivity index (χ0) is 11.6. The molecule has 0 amide bonds. The summed E-state index contributed by atoms with van der Waals surface area (Å²) in [6, 6.07) is 0. The van der Waals surface area contributed by atoms with E-state index >= 15 is 0 Å². The van der Waals surface area contributed by atoms with Crippen molar-refractivity contribution in [1.82, 2.24) is 0 Å². The van der Waals surface area contributed by atoms with Gasteiger partial charge in [-0.3, -0.25) is 0 Å². The van der Waals surface area contributed by atoms with Crippen LogP contribution in [0.2, 0.25) is 0 Å². The summed E-state index contributed by atoms with van der Waals surface area (Å²) in [6.07, 6.45) is 12.9. The summed E-state index contributed by atoms with van der Waals surface area (Å²) < 4.78 is 11.5. The highest BCUT2D eigenvalue weighted by atomic mass is 16.7. The molecule has 1 aliphatic rings. The van der Waals surface area contributed by atoms with Gasteiger partial charge in [-0.15, -0.1) is 0 Å². The standard InChI is InChI=1S/C14H26O2/c1-3-5-7-9-13-11-12-15-14(16-13)10-8-6-4-2/h5,7,13-14H,3-4,6,8-12H2,1-2H3/b7-5+/t13-,14+/m1/s1. The molecule has 0 aromatic rings. The Labute approximate surface area is 100 Å². The Morgan fingerprint density at radius 3 is 2.81 bits per heavy atom. The van der Waals surface area contributed by atoms with Crippen molar-refractivity contribution in [2.45, 2.75) is 71.2 Å². The van der Waals surface area contributed by atoms with Gasteiger partial charge in [0.1, 0.15) is 0 Å². The molecule has 1 saturated heterocycles. The lowest BCUT2D eigenvalue weighted by molar-refractivity contribution is -0.213. The van der Waals surface area contributed by atoms with Crippen LogP contribution >= 0.6 is 0 Å². The van der Waals surface area contributed by atoms with Crippen LogP contribution in [-0.2, 0) is 9.47 Å². The summed E-state index contributed by atoms with van der Waals surface area (Å²) in [5, 5.41) is 0.